The number of likely N-dealkylation sites (tertiary alicyclic amines) is 1. The van der Waals surface area contributed by atoms with E-state index in [0.717, 1.165) is 19.6 Å². The molecule has 3 rings (SSSR count). The van der Waals surface area contributed by atoms with Crippen molar-refractivity contribution < 1.29 is 13.2 Å². The Morgan fingerprint density at radius 3 is 2.58 bits per heavy atom. The van der Waals surface area contributed by atoms with Gasteiger partial charge in [0, 0.05) is 32.1 Å². The van der Waals surface area contributed by atoms with E-state index in [1.54, 1.807) is 0 Å². The van der Waals surface area contributed by atoms with E-state index >= 15 is 0 Å². The second-order valence-corrected chi connectivity index (χ2v) is 8.34. The summed E-state index contributed by atoms with van der Waals surface area (Å²) in [5.41, 5.74) is 0. The molecule has 24 heavy (non-hydrogen) atoms. The molecule has 134 valence electrons. The molecule has 2 aliphatic heterocycles. The van der Waals surface area contributed by atoms with Gasteiger partial charge in [0.15, 0.2) is 5.03 Å². The monoisotopic (exact) mass is 355 g/mol. The second kappa shape index (κ2) is 7.62. The van der Waals surface area contributed by atoms with E-state index in [2.05, 4.69) is 20.2 Å². The fraction of sp³-hybridized carbons (Fsp3) is 0.733. The first kappa shape index (κ1) is 17.4. The summed E-state index contributed by atoms with van der Waals surface area (Å²) in [7, 11) is -3.52. The first-order chi connectivity index (χ1) is 11.6. The van der Waals surface area contributed by atoms with E-state index in [-0.39, 0.29) is 16.9 Å². The summed E-state index contributed by atoms with van der Waals surface area (Å²) in [5.74, 6) is -0.0513. The van der Waals surface area contributed by atoms with Crippen molar-refractivity contribution in [2.45, 2.75) is 30.7 Å². The van der Waals surface area contributed by atoms with Crippen molar-refractivity contribution in [1.29, 1.82) is 0 Å². The first-order valence-electron chi connectivity index (χ1n) is 8.56. The van der Waals surface area contributed by atoms with Crippen LogP contribution in [-0.4, -0.2) is 72.8 Å². The highest BCUT2D eigenvalue weighted by atomic mass is 32.2. The van der Waals surface area contributed by atoms with Gasteiger partial charge in [-0.15, -0.1) is 0 Å². The number of piperidine rings is 1. The Morgan fingerprint density at radius 2 is 1.96 bits per heavy atom. The minimum absolute atomic E-state index is 0.0489. The maximum atomic E-state index is 12.4. The Labute approximate surface area is 142 Å². The lowest BCUT2D eigenvalue weighted by Gasteiger charge is -2.30. The molecule has 2 aliphatic rings. The number of imidazole rings is 1. The Hall–Kier alpha value is -1.45. The number of hydrogen-bond donors (Lipinski definition) is 2. The second-order valence-electron chi connectivity index (χ2n) is 6.43. The van der Waals surface area contributed by atoms with Crippen LogP contribution in [0, 0.1) is 5.92 Å². The molecule has 0 aromatic carbocycles. The molecule has 9 heteroatoms. The Morgan fingerprint density at radius 1 is 1.25 bits per heavy atom. The van der Waals surface area contributed by atoms with Gasteiger partial charge in [-0.3, -0.25) is 4.79 Å². The standard InChI is InChI=1S/C15H25N5O3S/c21-15(17-5-10-19-6-1-2-7-19)13-3-8-20(9-4-13)24(22,23)14-11-16-12-18-14/h11-13H,1-10H2,(H,16,18)(H,17,21). The summed E-state index contributed by atoms with van der Waals surface area (Å²) in [6.07, 6.45) is 6.28. The number of carbonyl (C=O) groups excluding carboxylic acids is 1. The van der Waals surface area contributed by atoms with Gasteiger partial charge in [-0.2, -0.15) is 4.31 Å². The van der Waals surface area contributed by atoms with E-state index in [1.165, 1.54) is 29.7 Å². The fourth-order valence-electron chi connectivity index (χ4n) is 3.37. The number of amides is 1. The maximum absolute atomic E-state index is 12.4. The number of H-pyrrole nitrogens is 1. The summed E-state index contributed by atoms with van der Waals surface area (Å²) in [4.78, 5) is 21.0. The van der Waals surface area contributed by atoms with Crippen molar-refractivity contribution in [3.63, 3.8) is 0 Å². The number of carbonyl (C=O) groups is 1. The molecule has 2 fully saturated rings. The molecule has 1 aromatic heterocycles. The van der Waals surface area contributed by atoms with Gasteiger partial charge in [0.1, 0.15) is 0 Å². The van der Waals surface area contributed by atoms with Crippen molar-refractivity contribution in [2.24, 2.45) is 5.92 Å². The van der Waals surface area contributed by atoms with Crippen LogP contribution in [0.2, 0.25) is 0 Å². The zero-order chi connectivity index (χ0) is 17.0. The Bertz CT molecular complexity index is 632. The lowest BCUT2D eigenvalue weighted by Crippen LogP contribution is -2.44. The van der Waals surface area contributed by atoms with Gasteiger partial charge < -0.3 is 15.2 Å². The minimum atomic E-state index is -3.52. The SMILES string of the molecule is O=C(NCCN1CCCC1)C1CCN(S(=O)(=O)c2cnc[nH]2)CC1. The Kier molecular flexibility index (Phi) is 5.52. The van der Waals surface area contributed by atoms with Crippen molar-refractivity contribution in [2.75, 3.05) is 39.3 Å². The number of aromatic nitrogens is 2. The Balaban J connectivity index is 1.43. The van der Waals surface area contributed by atoms with Crippen LogP contribution in [0.15, 0.2) is 17.6 Å². The summed E-state index contributed by atoms with van der Waals surface area (Å²) in [5, 5.41) is 3.10. The van der Waals surface area contributed by atoms with Gasteiger partial charge in [0.05, 0.1) is 12.5 Å². The van der Waals surface area contributed by atoms with Crippen molar-refractivity contribution in [1.82, 2.24) is 24.5 Å². The molecule has 0 bridgehead atoms. The fourth-order valence-corrected chi connectivity index (χ4v) is 4.73. The van der Waals surface area contributed by atoms with Gasteiger partial charge in [-0.05, 0) is 38.8 Å². The van der Waals surface area contributed by atoms with Crippen LogP contribution in [-0.2, 0) is 14.8 Å². The topological polar surface area (TPSA) is 98.4 Å². The third-order valence-corrected chi connectivity index (χ3v) is 6.67. The lowest BCUT2D eigenvalue weighted by atomic mass is 9.97. The summed E-state index contributed by atoms with van der Waals surface area (Å²) < 4.78 is 26.2. The van der Waals surface area contributed by atoms with Crippen molar-refractivity contribution >= 4 is 15.9 Å². The van der Waals surface area contributed by atoms with E-state index in [0.29, 0.717) is 32.5 Å². The van der Waals surface area contributed by atoms with Gasteiger partial charge in [-0.1, -0.05) is 0 Å². The van der Waals surface area contributed by atoms with Crippen LogP contribution in [0.5, 0.6) is 0 Å². The molecule has 1 aromatic rings. The first-order valence-corrected chi connectivity index (χ1v) is 10.00. The van der Waals surface area contributed by atoms with E-state index in [4.69, 9.17) is 0 Å². The average molecular weight is 355 g/mol. The smallest absolute Gasteiger partial charge is 0.260 e. The summed E-state index contributed by atoms with van der Waals surface area (Å²) in [6, 6.07) is 0. The third-order valence-electron chi connectivity index (χ3n) is 4.84. The molecule has 1 amide bonds. The summed E-state index contributed by atoms with van der Waals surface area (Å²) >= 11 is 0. The lowest BCUT2D eigenvalue weighted by molar-refractivity contribution is -0.126. The molecule has 0 spiro atoms. The van der Waals surface area contributed by atoms with Crippen LogP contribution < -0.4 is 5.32 Å². The van der Waals surface area contributed by atoms with Crippen molar-refractivity contribution in [3.05, 3.63) is 12.5 Å². The predicted molar refractivity (Wildman–Crippen MR) is 88.8 cm³/mol. The number of aromatic amines is 1. The van der Waals surface area contributed by atoms with Gasteiger partial charge in [-0.25, -0.2) is 13.4 Å². The van der Waals surface area contributed by atoms with Crippen LogP contribution >= 0.6 is 0 Å². The van der Waals surface area contributed by atoms with Gasteiger partial charge in [0.2, 0.25) is 5.91 Å². The molecule has 0 atom stereocenters. The molecule has 0 unspecified atom stereocenters. The van der Waals surface area contributed by atoms with E-state index in [9.17, 15) is 13.2 Å². The largest absolute Gasteiger partial charge is 0.355 e. The van der Waals surface area contributed by atoms with E-state index in [1.807, 2.05) is 0 Å². The van der Waals surface area contributed by atoms with Gasteiger partial charge >= 0.3 is 0 Å². The van der Waals surface area contributed by atoms with Crippen LogP contribution in [0.1, 0.15) is 25.7 Å². The molecule has 2 saturated heterocycles. The number of rotatable bonds is 6. The predicted octanol–water partition coefficient (Wildman–Crippen LogP) is 0.0224. The molecule has 0 radical (unpaired) electrons. The van der Waals surface area contributed by atoms with Gasteiger partial charge in [0.25, 0.3) is 10.0 Å². The summed E-state index contributed by atoms with van der Waals surface area (Å²) in [6.45, 7) is 4.56. The molecule has 2 N–H and O–H groups in total. The van der Waals surface area contributed by atoms with Crippen molar-refractivity contribution in [3.8, 4) is 0 Å². The highest BCUT2D eigenvalue weighted by Crippen LogP contribution is 2.22. The normalized spacial score (nSPS) is 21.2. The number of nitrogens with zero attached hydrogens (tertiary/aromatic N) is 3. The highest BCUT2D eigenvalue weighted by Gasteiger charge is 2.32. The third kappa shape index (κ3) is 3.96. The van der Waals surface area contributed by atoms with Crippen LogP contribution in [0.4, 0.5) is 0 Å². The molecule has 0 aliphatic carbocycles. The van der Waals surface area contributed by atoms with Crippen LogP contribution in [0.25, 0.3) is 0 Å². The number of nitrogens with one attached hydrogen (secondary N) is 2. The zero-order valence-electron chi connectivity index (χ0n) is 13.8. The van der Waals surface area contributed by atoms with Crippen LogP contribution in [0.3, 0.4) is 0 Å². The average Bonchev–Trinajstić information content (AvgIpc) is 3.29. The zero-order valence-corrected chi connectivity index (χ0v) is 14.6. The highest BCUT2D eigenvalue weighted by molar-refractivity contribution is 7.89. The minimum Gasteiger partial charge on any atom is -0.355 e. The van der Waals surface area contributed by atoms with E-state index < -0.39 is 10.0 Å². The molecular weight excluding hydrogens is 330 g/mol. The molecule has 3 heterocycles. The quantitative estimate of drug-likeness (QED) is 0.750. The molecule has 8 nitrogen and oxygen atoms in total. The molecule has 0 saturated carbocycles. The number of hydrogen-bond acceptors (Lipinski definition) is 5. The molecular formula is C15H25N5O3S. The number of sulfonamides is 1. The maximum Gasteiger partial charge on any atom is 0.260 e.